The van der Waals surface area contributed by atoms with E-state index in [9.17, 15) is 9.59 Å². The van der Waals surface area contributed by atoms with Crippen molar-refractivity contribution in [1.82, 2.24) is 9.97 Å². The van der Waals surface area contributed by atoms with E-state index in [1.807, 2.05) is 60.9 Å². The number of hydrogen-bond donors (Lipinski definition) is 0. The van der Waals surface area contributed by atoms with Gasteiger partial charge in [0.1, 0.15) is 11.6 Å². The van der Waals surface area contributed by atoms with E-state index >= 15 is 0 Å². The molecule has 0 unspecified atom stereocenters. The molecule has 0 aliphatic rings. The molecule has 0 saturated carbocycles. The van der Waals surface area contributed by atoms with Crippen LogP contribution < -0.4 is 0 Å². The van der Waals surface area contributed by atoms with Gasteiger partial charge in [-0.15, -0.1) is 0 Å². The summed E-state index contributed by atoms with van der Waals surface area (Å²) in [4.78, 5) is 29.0. The standard InChI is InChI=1S/2C15H11N.C5H8O2.Ir/c2*1-2-7-13(8-3-1)15-14-9-5-4-6-12(14)10-11-16-15;1-4(6)3-5(2)7;/h2*1-11H;3H2,1-2H3;/q;;;+3. The summed E-state index contributed by atoms with van der Waals surface area (Å²) >= 11 is 0. The Morgan fingerprint density at radius 2 is 0.850 bits per heavy atom. The summed E-state index contributed by atoms with van der Waals surface area (Å²) in [7, 11) is 0. The van der Waals surface area contributed by atoms with Crippen LogP contribution in [-0.4, -0.2) is 21.5 Å². The van der Waals surface area contributed by atoms with E-state index in [-0.39, 0.29) is 38.1 Å². The van der Waals surface area contributed by atoms with Crippen LogP contribution in [0.15, 0.2) is 134 Å². The van der Waals surface area contributed by atoms with Crippen LogP contribution in [-0.2, 0) is 29.7 Å². The maximum atomic E-state index is 10.0. The number of fused-ring (bicyclic) bond motifs is 2. The Balaban J connectivity index is 0.000000177. The van der Waals surface area contributed by atoms with E-state index in [1.165, 1.54) is 46.5 Å². The van der Waals surface area contributed by atoms with Gasteiger partial charge in [0.15, 0.2) is 0 Å². The predicted octanol–water partition coefficient (Wildman–Crippen LogP) is 8.36. The summed E-state index contributed by atoms with van der Waals surface area (Å²) in [5, 5.41) is 4.88. The number of hydrogen-bond acceptors (Lipinski definition) is 4. The summed E-state index contributed by atoms with van der Waals surface area (Å²) in [6, 6.07) is 41.3. The minimum Gasteiger partial charge on any atom is -0.300 e. The molecule has 2 heterocycles. The third-order valence-corrected chi connectivity index (χ3v) is 5.94. The Labute approximate surface area is 248 Å². The Hall–Kier alpha value is -4.31. The topological polar surface area (TPSA) is 59.9 Å². The van der Waals surface area contributed by atoms with E-state index < -0.39 is 0 Å². The van der Waals surface area contributed by atoms with Crippen LogP contribution in [0.25, 0.3) is 44.1 Å². The van der Waals surface area contributed by atoms with Gasteiger partial charge in [-0.2, -0.15) is 0 Å². The second-order valence-electron chi connectivity index (χ2n) is 9.07. The first-order valence-electron chi connectivity index (χ1n) is 12.8. The predicted molar refractivity (Wildman–Crippen MR) is 160 cm³/mol. The van der Waals surface area contributed by atoms with Gasteiger partial charge in [-0.05, 0) is 36.8 Å². The summed E-state index contributed by atoms with van der Waals surface area (Å²) in [5.74, 6) is -0.125. The number of rotatable bonds is 4. The molecule has 6 rings (SSSR count). The largest absolute Gasteiger partial charge is 3.00 e. The molecule has 0 N–H and O–H groups in total. The fourth-order valence-corrected chi connectivity index (χ4v) is 4.24. The van der Waals surface area contributed by atoms with Crippen LogP contribution in [0.5, 0.6) is 0 Å². The van der Waals surface area contributed by atoms with E-state index in [0.717, 1.165) is 11.4 Å². The van der Waals surface area contributed by atoms with Crippen LogP contribution >= 0.6 is 0 Å². The summed E-state index contributed by atoms with van der Waals surface area (Å²) in [6.07, 6.45) is 3.81. The fraction of sp³-hybridized carbons (Fsp3) is 0.0857. The second-order valence-corrected chi connectivity index (χ2v) is 9.07. The number of ketones is 2. The average molecular weight is 703 g/mol. The zero-order chi connectivity index (χ0) is 27.5. The van der Waals surface area contributed by atoms with E-state index in [4.69, 9.17) is 0 Å². The number of carbonyl (C=O) groups excluding carboxylic acids is 2. The van der Waals surface area contributed by atoms with Gasteiger partial charge in [-0.3, -0.25) is 19.6 Å². The SMILES string of the molecule is CC(=O)CC(C)=O.[Ir+3].c1ccc(-c2nccc3ccccc23)cc1.c1ccc(-c2nccc3ccccc23)cc1. The van der Waals surface area contributed by atoms with Crippen molar-refractivity contribution in [1.29, 1.82) is 0 Å². The first kappa shape index (κ1) is 30.2. The van der Waals surface area contributed by atoms with Crippen LogP contribution in [0.2, 0.25) is 0 Å². The number of nitrogens with zero attached hydrogens (tertiary/aromatic N) is 2. The summed E-state index contributed by atoms with van der Waals surface area (Å²) < 4.78 is 0. The van der Waals surface area contributed by atoms with E-state index in [0.29, 0.717) is 0 Å². The molecule has 0 fully saturated rings. The van der Waals surface area contributed by atoms with Crippen LogP contribution in [0.3, 0.4) is 0 Å². The Kier molecular flexibility index (Phi) is 11.6. The minimum absolute atomic E-state index is 0. The maximum absolute atomic E-state index is 10.0. The van der Waals surface area contributed by atoms with Gasteiger partial charge < -0.3 is 0 Å². The molecule has 40 heavy (non-hydrogen) atoms. The Morgan fingerprint density at radius 1 is 0.500 bits per heavy atom. The number of carbonyl (C=O) groups is 2. The smallest absolute Gasteiger partial charge is 0.300 e. The van der Waals surface area contributed by atoms with Crippen molar-refractivity contribution in [2.45, 2.75) is 20.3 Å². The molecular weight excluding hydrogens is 673 g/mol. The fourth-order valence-electron chi connectivity index (χ4n) is 4.24. The van der Waals surface area contributed by atoms with Gasteiger partial charge >= 0.3 is 20.1 Å². The third-order valence-electron chi connectivity index (χ3n) is 5.94. The molecule has 2 aromatic heterocycles. The number of pyridine rings is 2. The molecule has 5 heteroatoms. The average Bonchev–Trinajstić information content (AvgIpc) is 2.97. The molecule has 0 radical (unpaired) electrons. The van der Waals surface area contributed by atoms with Crippen LogP contribution in [0.1, 0.15) is 20.3 Å². The number of Topliss-reactive ketones (excluding diaryl/α,β-unsaturated/α-hetero) is 2. The molecule has 0 atom stereocenters. The van der Waals surface area contributed by atoms with Crippen molar-refractivity contribution in [3.63, 3.8) is 0 Å². The van der Waals surface area contributed by atoms with Crippen LogP contribution in [0, 0.1) is 0 Å². The Bertz CT molecular complexity index is 1550. The normalized spacial score (nSPS) is 9.85. The molecule has 6 aromatic rings. The van der Waals surface area contributed by atoms with Crippen molar-refractivity contribution < 1.29 is 29.7 Å². The molecule has 0 saturated heterocycles. The molecule has 198 valence electrons. The van der Waals surface area contributed by atoms with Gasteiger partial charge in [0.05, 0.1) is 17.8 Å². The van der Waals surface area contributed by atoms with Crippen molar-refractivity contribution in [3.05, 3.63) is 134 Å². The van der Waals surface area contributed by atoms with Gasteiger partial charge in [0, 0.05) is 34.3 Å². The minimum atomic E-state index is -0.0625. The summed E-state index contributed by atoms with van der Waals surface area (Å²) in [5.41, 5.74) is 4.44. The molecular formula is C35H30IrN2O2+3. The molecule has 4 nitrogen and oxygen atoms in total. The van der Waals surface area contributed by atoms with Crippen molar-refractivity contribution in [3.8, 4) is 22.5 Å². The molecule has 0 spiro atoms. The monoisotopic (exact) mass is 703 g/mol. The first-order valence-corrected chi connectivity index (χ1v) is 12.8. The van der Waals surface area contributed by atoms with Gasteiger partial charge in [-0.25, -0.2) is 0 Å². The van der Waals surface area contributed by atoms with Gasteiger partial charge in [0.25, 0.3) is 0 Å². The second kappa shape index (κ2) is 15.3. The number of benzene rings is 4. The van der Waals surface area contributed by atoms with Gasteiger partial charge in [-0.1, -0.05) is 109 Å². The van der Waals surface area contributed by atoms with Crippen LogP contribution in [0.4, 0.5) is 0 Å². The zero-order valence-electron chi connectivity index (χ0n) is 22.5. The molecule has 0 amide bonds. The van der Waals surface area contributed by atoms with Gasteiger partial charge in [0.2, 0.25) is 0 Å². The van der Waals surface area contributed by atoms with Crippen molar-refractivity contribution >= 4 is 33.1 Å². The molecule has 4 aromatic carbocycles. The zero-order valence-corrected chi connectivity index (χ0v) is 24.8. The first-order chi connectivity index (χ1) is 19.0. The van der Waals surface area contributed by atoms with E-state index in [2.05, 4.69) is 82.8 Å². The third kappa shape index (κ3) is 8.34. The molecule has 0 aliphatic carbocycles. The van der Waals surface area contributed by atoms with Crippen molar-refractivity contribution in [2.24, 2.45) is 0 Å². The molecule has 0 aliphatic heterocycles. The molecule has 0 bridgehead atoms. The number of aromatic nitrogens is 2. The van der Waals surface area contributed by atoms with Crippen molar-refractivity contribution in [2.75, 3.05) is 0 Å². The quantitative estimate of drug-likeness (QED) is 0.173. The Morgan fingerprint density at radius 3 is 1.20 bits per heavy atom. The maximum Gasteiger partial charge on any atom is 3.00 e. The summed E-state index contributed by atoms with van der Waals surface area (Å²) in [6.45, 7) is 2.81. The van der Waals surface area contributed by atoms with E-state index in [1.54, 1.807) is 0 Å².